The molecule has 90 valence electrons. The molecule has 0 fully saturated rings. The number of aliphatic hydroxyl groups is 2. The Bertz CT molecular complexity index is 302. The molecule has 1 aromatic carbocycles. The number of benzene rings is 1. The van der Waals surface area contributed by atoms with Crippen LogP contribution in [0, 0.1) is 0 Å². The van der Waals surface area contributed by atoms with E-state index in [4.69, 9.17) is 10.2 Å². The lowest BCUT2D eigenvalue weighted by molar-refractivity contribution is 0.276. The predicted octanol–water partition coefficient (Wildman–Crippen LogP) is 1.43. The molecule has 0 aliphatic rings. The first-order chi connectivity index (χ1) is 7.76. The Labute approximate surface area is 97.1 Å². The van der Waals surface area contributed by atoms with Crippen molar-refractivity contribution in [3.8, 4) is 0 Å². The highest BCUT2D eigenvalue weighted by Gasteiger charge is 2.01. The molecule has 1 rings (SSSR count). The summed E-state index contributed by atoms with van der Waals surface area (Å²) >= 11 is 0. The van der Waals surface area contributed by atoms with Gasteiger partial charge in [-0.2, -0.15) is 0 Å². The van der Waals surface area contributed by atoms with E-state index < -0.39 is 0 Å². The third kappa shape index (κ3) is 4.75. The second-order valence-corrected chi connectivity index (χ2v) is 4.13. The molecule has 3 N–H and O–H groups in total. The largest absolute Gasteiger partial charge is 0.396 e. The van der Waals surface area contributed by atoms with Crippen molar-refractivity contribution in [2.75, 3.05) is 6.61 Å². The minimum atomic E-state index is 0.0912. The van der Waals surface area contributed by atoms with Crippen molar-refractivity contribution in [2.24, 2.45) is 0 Å². The van der Waals surface area contributed by atoms with Gasteiger partial charge in [0.15, 0.2) is 0 Å². The topological polar surface area (TPSA) is 52.5 Å². The van der Waals surface area contributed by atoms with Gasteiger partial charge < -0.3 is 15.5 Å². The van der Waals surface area contributed by atoms with Crippen LogP contribution in [0.3, 0.4) is 0 Å². The molecule has 0 spiro atoms. The molecule has 1 aromatic rings. The van der Waals surface area contributed by atoms with Crippen LogP contribution in [0.4, 0.5) is 0 Å². The molecule has 3 nitrogen and oxygen atoms in total. The quantitative estimate of drug-likeness (QED) is 0.655. The number of hydrogen-bond acceptors (Lipinski definition) is 3. The van der Waals surface area contributed by atoms with Crippen molar-refractivity contribution in [2.45, 2.75) is 39.0 Å². The summed E-state index contributed by atoms with van der Waals surface area (Å²) in [6, 6.07) is 8.33. The molecule has 0 heterocycles. The van der Waals surface area contributed by atoms with Crippen LogP contribution < -0.4 is 5.32 Å². The average Bonchev–Trinajstić information content (AvgIpc) is 2.34. The van der Waals surface area contributed by atoms with E-state index in [0.29, 0.717) is 6.04 Å². The van der Waals surface area contributed by atoms with Gasteiger partial charge in [0, 0.05) is 19.2 Å². The third-order valence-electron chi connectivity index (χ3n) is 2.62. The second kappa shape index (κ2) is 7.39. The van der Waals surface area contributed by atoms with E-state index >= 15 is 0 Å². The molecule has 1 unspecified atom stereocenters. The molecule has 0 aliphatic heterocycles. The molecule has 0 aromatic heterocycles. The Kier molecular flexibility index (Phi) is 6.08. The number of hydrogen-bond donors (Lipinski definition) is 3. The fourth-order valence-electron chi connectivity index (χ4n) is 1.63. The lowest BCUT2D eigenvalue weighted by Gasteiger charge is -2.13. The van der Waals surface area contributed by atoms with Gasteiger partial charge in [-0.1, -0.05) is 24.3 Å². The normalized spacial score (nSPS) is 12.7. The van der Waals surface area contributed by atoms with Crippen molar-refractivity contribution in [3.63, 3.8) is 0 Å². The molecular weight excluding hydrogens is 202 g/mol. The van der Waals surface area contributed by atoms with Crippen LogP contribution in [-0.2, 0) is 13.2 Å². The fourth-order valence-corrected chi connectivity index (χ4v) is 1.63. The van der Waals surface area contributed by atoms with E-state index in [0.717, 1.165) is 24.9 Å². The number of aliphatic hydroxyl groups excluding tert-OH is 2. The van der Waals surface area contributed by atoms with E-state index in [1.165, 1.54) is 5.56 Å². The monoisotopic (exact) mass is 223 g/mol. The predicted molar refractivity (Wildman–Crippen MR) is 65.0 cm³/mol. The fraction of sp³-hybridized carbons (Fsp3) is 0.538. The summed E-state index contributed by atoms with van der Waals surface area (Å²) in [6.45, 7) is 3.27. The molecule has 0 bridgehead atoms. The summed E-state index contributed by atoms with van der Waals surface area (Å²) in [5, 5.41) is 21.1. The summed E-state index contributed by atoms with van der Waals surface area (Å²) in [5.41, 5.74) is 2.13. The maximum Gasteiger partial charge on any atom is 0.0681 e. The number of nitrogens with one attached hydrogen (secondary N) is 1. The molecule has 0 saturated heterocycles. The molecule has 0 saturated carbocycles. The summed E-state index contributed by atoms with van der Waals surface area (Å²) in [5.74, 6) is 0. The number of rotatable bonds is 7. The minimum absolute atomic E-state index is 0.0912. The highest BCUT2D eigenvalue weighted by atomic mass is 16.3. The smallest absolute Gasteiger partial charge is 0.0681 e. The van der Waals surface area contributed by atoms with Crippen LogP contribution in [0.15, 0.2) is 24.3 Å². The van der Waals surface area contributed by atoms with Crippen LogP contribution in [-0.4, -0.2) is 22.9 Å². The first kappa shape index (κ1) is 13.2. The van der Waals surface area contributed by atoms with Crippen molar-refractivity contribution < 1.29 is 10.2 Å². The van der Waals surface area contributed by atoms with Crippen molar-refractivity contribution in [3.05, 3.63) is 35.4 Å². The highest BCUT2D eigenvalue weighted by Crippen LogP contribution is 2.06. The van der Waals surface area contributed by atoms with E-state index in [1.807, 2.05) is 24.3 Å². The van der Waals surface area contributed by atoms with Gasteiger partial charge in [-0.05, 0) is 30.9 Å². The highest BCUT2D eigenvalue weighted by molar-refractivity contribution is 5.22. The first-order valence-electron chi connectivity index (χ1n) is 5.79. The SMILES string of the molecule is CC(CCCO)NCc1cccc(CO)c1. The van der Waals surface area contributed by atoms with Crippen molar-refractivity contribution in [1.82, 2.24) is 5.32 Å². The van der Waals surface area contributed by atoms with Crippen molar-refractivity contribution >= 4 is 0 Å². The molecule has 16 heavy (non-hydrogen) atoms. The van der Waals surface area contributed by atoms with Gasteiger partial charge >= 0.3 is 0 Å². The first-order valence-corrected chi connectivity index (χ1v) is 5.79. The molecular formula is C13H21NO2. The Balaban J connectivity index is 2.35. The molecule has 1 atom stereocenters. The van der Waals surface area contributed by atoms with E-state index in [9.17, 15) is 0 Å². The summed E-state index contributed by atoms with van der Waals surface area (Å²) < 4.78 is 0. The maximum atomic E-state index is 9.01. The van der Waals surface area contributed by atoms with E-state index in [1.54, 1.807) is 0 Å². The van der Waals surface area contributed by atoms with Gasteiger partial charge in [0.25, 0.3) is 0 Å². The zero-order chi connectivity index (χ0) is 11.8. The van der Waals surface area contributed by atoms with Gasteiger partial charge in [-0.25, -0.2) is 0 Å². The average molecular weight is 223 g/mol. The second-order valence-electron chi connectivity index (χ2n) is 4.13. The molecule has 0 aliphatic carbocycles. The van der Waals surface area contributed by atoms with Gasteiger partial charge in [-0.3, -0.25) is 0 Å². The third-order valence-corrected chi connectivity index (χ3v) is 2.62. The van der Waals surface area contributed by atoms with Crippen LogP contribution >= 0.6 is 0 Å². The van der Waals surface area contributed by atoms with Gasteiger partial charge in [0.05, 0.1) is 6.61 Å². The summed E-state index contributed by atoms with van der Waals surface area (Å²) in [7, 11) is 0. The Morgan fingerprint density at radius 1 is 1.25 bits per heavy atom. The van der Waals surface area contributed by atoms with Crippen LogP contribution in [0.25, 0.3) is 0 Å². The maximum absolute atomic E-state index is 9.01. The summed E-state index contributed by atoms with van der Waals surface area (Å²) in [4.78, 5) is 0. The van der Waals surface area contributed by atoms with Crippen LogP contribution in [0.1, 0.15) is 30.9 Å². The molecule has 0 amide bonds. The van der Waals surface area contributed by atoms with Crippen LogP contribution in [0.5, 0.6) is 0 Å². The lowest BCUT2D eigenvalue weighted by atomic mass is 10.1. The molecule has 3 heteroatoms. The van der Waals surface area contributed by atoms with Crippen LogP contribution in [0.2, 0.25) is 0 Å². The Hall–Kier alpha value is -0.900. The van der Waals surface area contributed by atoms with E-state index in [2.05, 4.69) is 12.2 Å². The Morgan fingerprint density at radius 3 is 2.69 bits per heavy atom. The lowest BCUT2D eigenvalue weighted by Crippen LogP contribution is -2.25. The van der Waals surface area contributed by atoms with Crippen molar-refractivity contribution in [1.29, 1.82) is 0 Å². The van der Waals surface area contributed by atoms with Gasteiger partial charge in [0.1, 0.15) is 0 Å². The van der Waals surface area contributed by atoms with E-state index in [-0.39, 0.29) is 13.2 Å². The molecule has 0 radical (unpaired) electrons. The van der Waals surface area contributed by atoms with Gasteiger partial charge in [-0.15, -0.1) is 0 Å². The standard InChI is InChI=1S/C13H21NO2/c1-11(4-3-7-15)14-9-12-5-2-6-13(8-12)10-16/h2,5-6,8,11,14-16H,3-4,7,9-10H2,1H3. The minimum Gasteiger partial charge on any atom is -0.396 e. The zero-order valence-corrected chi connectivity index (χ0v) is 9.82. The Morgan fingerprint density at radius 2 is 2.00 bits per heavy atom. The zero-order valence-electron chi connectivity index (χ0n) is 9.82. The van der Waals surface area contributed by atoms with Gasteiger partial charge in [0.2, 0.25) is 0 Å². The summed E-state index contributed by atoms with van der Waals surface area (Å²) in [6.07, 6.45) is 1.82.